The molecule has 0 saturated heterocycles. The second-order valence-corrected chi connectivity index (χ2v) is 6.98. The standard InChI is InChI=1S/C21H19F4N9/c1-11(17(34-28)9-29-15-5-3-2-4-14(15)22)16-6-13(18(33-16)19(27)32-10-26)12-7-30-20(31-8-12)21(23,24)25/h2-11,28-29,33H,1H3,(H3,26,27,32)/b17-9-,34-28?. The van der Waals surface area contributed by atoms with E-state index in [0.717, 1.165) is 18.7 Å². The summed E-state index contributed by atoms with van der Waals surface area (Å²) in [5.41, 5.74) is 15.1. The number of aromatic nitrogens is 3. The Hall–Kier alpha value is -4.42. The van der Waals surface area contributed by atoms with Crippen LogP contribution >= 0.6 is 0 Å². The summed E-state index contributed by atoms with van der Waals surface area (Å²) in [6.45, 7) is 1.71. The van der Waals surface area contributed by atoms with Crippen molar-refractivity contribution in [3.63, 3.8) is 0 Å². The molecule has 0 radical (unpaired) electrons. The van der Waals surface area contributed by atoms with Gasteiger partial charge in [0.1, 0.15) is 18.0 Å². The molecular weight excluding hydrogens is 454 g/mol. The number of alkyl halides is 3. The first kappa shape index (κ1) is 24.2. The number of hydrogen-bond acceptors (Lipinski definition) is 6. The normalized spacial score (nSPS) is 13.4. The highest BCUT2D eigenvalue weighted by Crippen LogP contribution is 2.32. The summed E-state index contributed by atoms with van der Waals surface area (Å²) >= 11 is 0. The van der Waals surface area contributed by atoms with E-state index in [4.69, 9.17) is 16.7 Å². The Morgan fingerprint density at radius 3 is 2.50 bits per heavy atom. The van der Waals surface area contributed by atoms with E-state index in [1.807, 2.05) is 0 Å². The maximum Gasteiger partial charge on any atom is 0.451 e. The molecule has 0 saturated carbocycles. The zero-order valence-corrected chi connectivity index (χ0v) is 17.7. The summed E-state index contributed by atoms with van der Waals surface area (Å²) in [6.07, 6.45) is -0.609. The number of halogens is 4. The van der Waals surface area contributed by atoms with Crippen LogP contribution < -0.4 is 11.1 Å². The number of hydrogen-bond donors (Lipinski definition) is 5. The van der Waals surface area contributed by atoms with Gasteiger partial charge in [-0.1, -0.05) is 19.1 Å². The minimum atomic E-state index is -4.69. The third-order valence-electron chi connectivity index (χ3n) is 4.80. The molecule has 1 aromatic carbocycles. The molecule has 0 amide bonds. The second kappa shape index (κ2) is 10.0. The van der Waals surface area contributed by atoms with E-state index < -0.39 is 23.7 Å². The zero-order valence-electron chi connectivity index (χ0n) is 17.7. The van der Waals surface area contributed by atoms with Crippen LogP contribution in [0, 0.1) is 16.8 Å². The van der Waals surface area contributed by atoms with Gasteiger partial charge in [0.2, 0.25) is 5.82 Å². The fraction of sp³-hybridized carbons (Fsp3) is 0.143. The number of nitrogens with zero attached hydrogens (tertiary/aromatic N) is 4. The van der Waals surface area contributed by atoms with Gasteiger partial charge in [0.25, 0.3) is 0 Å². The Morgan fingerprint density at radius 2 is 1.91 bits per heavy atom. The Balaban J connectivity index is 2.00. The monoisotopic (exact) mass is 473 g/mol. The predicted molar refractivity (Wildman–Crippen MR) is 118 cm³/mol. The molecule has 2 heterocycles. The van der Waals surface area contributed by atoms with Crippen molar-refractivity contribution < 1.29 is 17.6 Å². The molecule has 176 valence electrons. The van der Waals surface area contributed by atoms with E-state index in [1.54, 1.807) is 19.1 Å². The molecular formula is C21H19F4N9. The maximum atomic E-state index is 13.9. The highest BCUT2D eigenvalue weighted by atomic mass is 19.4. The van der Waals surface area contributed by atoms with Gasteiger partial charge < -0.3 is 16.0 Å². The number of para-hydroxylation sites is 1. The first-order valence-electron chi connectivity index (χ1n) is 9.69. The minimum Gasteiger partial charge on any atom is -0.382 e. The number of rotatable bonds is 8. The number of benzene rings is 1. The van der Waals surface area contributed by atoms with Crippen LogP contribution in [0.15, 0.2) is 64.7 Å². The average molecular weight is 473 g/mol. The van der Waals surface area contributed by atoms with Crippen molar-refractivity contribution in [2.24, 2.45) is 15.8 Å². The van der Waals surface area contributed by atoms with Gasteiger partial charge >= 0.3 is 6.18 Å². The molecule has 0 bridgehead atoms. The topological polar surface area (TPSA) is 152 Å². The van der Waals surface area contributed by atoms with Gasteiger partial charge in [-0.3, -0.25) is 5.41 Å². The third-order valence-corrected chi connectivity index (χ3v) is 4.80. The fourth-order valence-corrected chi connectivity index (χ4v) is 3.03. The van der Waals surface area contributed by atoms with E-state index in [-0.39, 0.29) is 28.5 Å². The molecule has 1 unspecified atom stereocenters. The van der Waals surface area contributed by atoms with Crippen LogP contribution in [0.2, 0.25) is 0 Å². The summed E-state index contributed by atoms with van der Waals surface area (Å²) in [6, 6.07) is 7.55. The second-order valence-electron chi connectivity index (χ2n) is 6.98. The van der Waals surface area contributed by atoms with Crippen LogP contribution in [0.4, 0.5) is 23.2 Å². The Bertz CT molecular complexity index is 1240. The smallest absolute Gasteiger partial charge is 0.382 e. The molecule has 9 nitrogen and oxygen atoms in total. The lowest BCUT2D eigenvalue weighted by Gasteiger charge is -2.10. The number of nitrogens with one attached hydrogen (secondary N) is 4. The molecule has 0 fully saturated rings. The molecule has 3 rings (SSSR count). The molecule has 0 aliphatic rings. The lowest BCUT2D eigenvalue weighted by atomic mass is 10.0. The van der Waals surface area contributed by atoms with Crippen molar-refractivity contribution in [3.8, 4) is 11.1 Å². The number of anilines is 1. The van der Waals surface area contributed by atoms with Crippen LogP contribution in [0.3, 0.4) is 0 Å². The molecule has 0 spiro atoms. The lowest BCUT2D eigenvalue weighted by Crippen LogP contribution is -2.15. The Morgan fingerprint density at radius 1 is 1.24 bits per heavy atom. The molecule has 1 atom stereocenters. The van der Waals surface area contributed by atoms with Crippen molar-refractivity contribution in [1.29, 1.82) is 10.9 Å². The van der Waals surface area contributed by atoms with E-state index in [1.165, 1.54) is 24.4 Å². The van der Waals surface area contributed by atoms with E-state index in [0.29, 0.717) is 11.3 Å². The van der Waals surface area contributed by atoms with Gasteiger partial charge in [0.15, 0.2) is 0 Å². The molecule has 3 aromatic rings. The number of aromatic amines is 1. The van der Waals surface area contributed by atoms with Crippen LogP contribution in [0.1, 0.15) is 30.1 Å². The highest BCUT2D eigenvalue weighted by Gasteiger charge is 2.34. The zero-order chi connectivity index (χ0) is 24.9. The van der Waals surface area contributed by atoms with Crippen molar-refractivity contribution in [1.82, 2.24) is 15.0 Å². The molecule has 13 heteroatoms. The first-order chi connectivity index (χ1) is 16.2. The summed E-state index contributed by atoms with van der Waals surface area (Å²) in [5.74, 6) is -2.42. The largest absolute Gasteiger partial charge is 0.451 e. The van der Waals surface area contributed by atoms with E-state index in [2.05, 4.69) is 30.4 Å². The van der Waals surface area contributed by atoms with E-state index in [9.17, 15) is 17.6 Å². The van der Waals surface area contributed by atoms with Crippen LogP contribution in [0.5, 0.6) is 0 Å². The molecule has 0 aliphatic heterocycles. The quantitative estimate of drug-likeness (QED) is 0.135. The molecule has 2 aromatic heterocycles. The summed E-state index contributed by atoms with van der Waals surface area (Å²) in [4.78, 5) is 13.5. The van der Waals surface area contributed by atoms with Gasteiger partial charge in [-0.15, -0.1) is 0 Å². The van der Waals surface area contributed by atoms with Gasteiger partial charge in [0.05, 0.1) is 17.1 Å². The van der Waals surface area contributed by atoms with Crippen LogP contribution in [-0.4, -0.2) is 27.1 Å². The van der Waals surface area contributed by atoms with Crippen LogP contribution in [-0.2, 0) is 6.18 Å². The Labute approximate surface area is 190 Å². The van der Waals surface area contributed by atoms with Gasteiger partial charge in [-0.2, -0.15) is 18.3 Å². The predicted octanol–water partition coefficient (Wildman–Crippen LogP) is 5.03. The number of allylic oxidation sites excluding steroid dienone is 1. The summed E-state index contributed by atoms with van der Waals surface area (Å²) < 4.78 is 52.4. The molecule has 34 heavy (non-hydrogen) atoms. The Kier molecular flexibility index (Phi) is 7.14. The first-order valence-corrected chi connectivity index (χ1v) is 9.69. The number of H-pyrrole nitrogens is 1. The SMILES string of the molecule is CC(/C(=C/Nc1ccccc1F)N=N)c1cc(-c2cnc(C(F)(F)F)nc2)c(/C(N)=N\C=N)[nH]1. The van der Waals surface area contributed by atoms with Crippen molar-refractivity contribution in [2.45, 2.75) is 19.0 Å². The van der Waals surface area contributed by atoms with E-state index >= 15 is 0 Å². The summed E-state index contributed by atoms with van der Waals surface area (Å²) in [7, 11) is 0. The van der Waals surface area contributed by atoms with Crippen molar-refractivity contribution in [2.75, 3.05) is 5.32 Å². The van der Waals surface area contributed by atoms with Crippen LogP contribution in [0.25, 0.3) is 11.1 Å². The molecule has 6 N–H and O–H groups in total. The molecule has 0 aliphatic carbocycles. The number of nitrogens with two attached hydrogens (primary N) is 1. The van der Waals surface area contributed by atoms with Gasteiger partial charge in [-0.05, 0) is 18.2 Å². The number of amidine groups is 1. The maximum absolute atomic E-state index is 13.9. The van der Waals surface area contributed by atoms with Gasteiger partial charge in [0, 0.05) is 41.3 Å². The summed E-state index contributed by atoms with van der Waals surface area (Å²) in [5, 5.41) is 13.4. The van der Waals surface area contributed by atoms with Crippen molar-refractivity contribution in [3.05, 3.63) is 77.7 Å². The lowest BCUT2D eigenvalue weighted by molar-refractivity contribution is -0.144. The average Bonchev–Trinajstić information content (AvgIpc) is 3.26. The number of aliphatic imine (C=N–C) groups is 1. The van der Waals surface area contributed by atoms with Crippen molar-refractivity contribution >= 4 is 17.9 Å². The van der Waals surface area contributed by atoms with Gasteiger partial charge in [-0.25, -0.2) is 24.9 Å². The third kappa shape index (κ3) is 5.31. The minimum absolute atomic E-state index is 0.0961. The fourth-order valence-electron chi connectivity index (χ4n) is 3.03. The highest BCUT2D eigenvalue weighted by molar-refractivity contribution is 6.04.